The normalized spacial score (nSPS) is 10.4. The highest BCUT2D eigenvalue weighted by atomic mass is 16.5. The van der Waals surface area contributed by atoms with E-state index in [9.17, 15) is 9.59 Å². The Morgan fingerprint density at radius 2 is 1.75 bits per heavy atom. The van der Waals surface area contributed by atoms with Crippen molar-refractivity contribution in [1.29, 1.82) is 0 Å². The molecule has 2 N–H and O–H groups in total. The lowest BCUT2D eigenvalue weighted by Crippen LogP contribution is -2.25. The average molecular weight is 384 g/mol. The number of amides is 2. The van der Waals surface area contributed by atoms with Crippen molar-refractivity contribution in [3.05, 3.63) is 59.2 Å². The fourth-order valence-corrected chi connectivity index (χ4v) is 2.72. The molecule has 0 aliphatic carbocycles. The molecule has 0 aromatic heterocycles. The lowest BCUT2D eigenvalue weighted by atomic mass is 10.1. The molecule has 0 aliphatic rings. The van der Waals surface area contributed by atoms with Gasteiger partial charge in [0.05, 0.1) is 0 Å². The molecule has 2 aromatic rings. The highest BCUT2D eigenvalue weighted by Crippen LogP contribution is 2.22. The lowest BCUT2D eigenvalue weighted by molar-refractivity contribution is -0.118. The van der Waals surface area contributed by atoms with Crippen LogP contribution in [-0.4, -0.2) is 38.2 Å². The van der Waals surface area contributed by atoms with Gasteiger partial charge in [0, 0.05) is 31.0 Å². The topological polar surface area (TPSA) is 76.7 Å². The Bertz CT molecular complexity index is 785. The average Bonchev–Trinajstić information content (AvgIpc) is 2.67. The summed E-state index contributed by atoms with van der Waals surface area (Å²) in [6.45, 7) is 7.55. The molecule has 0 fully saturated rings. The molecule has 2 amide bonds. The molecule has 6 nitrogen and oxygen atoms in total. The summed E-state index contributed by atoms with van der Waals surface area (Å²) in [5.74, 6) is 0.258. The van der Waals surface area contributed by atoms with Gasteiger partial charge < -0.3 is 20.1 Å². The van der Waals surface area contributed by atoms with E-state index in [1.807, 2.05) is 39.0 Å². The smallest absolute Gasteiger partial charge is 0.262 e. The van der Waals surface area contributed by atoms with Crippen LogP contribution in [0, 0.1) is 13.8 Å². The summed E-state index contributed by atoms with van der Waals surface area (Å²) in [5, 5.41) is 5.61. The Morgan fingerprint density at radius 3 is 2.46 bits per heavy atom. The van der Waals surface area contributed by atoms with Gasteiger partial charge in [0.15, 0.2) is 6.61 Å². The van der Waals surface area contributed by atoms with E-state index in [-0.39, 0.29) is 18.4 Å². The minimum absolute atomic E-state index is 0.0977. The molecule has 2 aromatic carbocycles. The van der Waals surface area contributed by atoms with Crippen LogP contribution >= 0.6 is 0 Å². The van der Waals surface area contributed by atoms with Gasteiger partial charge in [-0.2, -0.15) is 0 Å². The SMILES string of the molecule is CCOCCCNC(=O)c1cccc(NC(=O)COc2c(C)cccc2C)c1. The van der Waals surface area contributed by atoms with Crippen molar-refractivity contribution in [3.63, 3.8) is 0 Å². The molecule has 0 aliphatic heterocycles. The molecular formula is C22H28N2O4. The summed E-state index contributed by atoms with van der Waals surface area (Å²) in [6, 6.07) is 12.7. The number of rotatable bonds is 10. The summed E-state index contributed by atoms with van der Waals surface area (Å²) >= 11 is 0. The zero-order valence-corrected chi connectivity index (χ0v) is 16.7. The van der Waals surface area contributed by atoms with Gasteiger partial charge in [-0.3, -0.25) is 9.59 Å². The molecule has 150 valence electrons. The molecule has 0 heterocycles. The number of carbonyl (C=O) groups is 2. The third-order valence-corrected chi connectivity index (χ3v) is 4.12. The number of hydrogen-bond acceptors (Lipinski definition) is 4. The lowest BCUT2D eigenvalue weighted by Gasteiger charge is -2.12. The number of para-hydroxylation sites is 1. The van der Waals surface area contributed by atoms with Crippen molar-refractivity contribution in [3.8, 4) is 5.75 Å². The first-order valence-corrected chi connectivity index (χ1v) is 9.46. The van der Waals surface area contributed by atoms with Crippen LogP contribution < -0.4 is 15.4 Å². The number of ether oxygens (including phenoxy) is 2. The second kappa shape index (κ2) is 11.1. The van der Waals surface area contributed by atoms with Gasteiger partial charge in [-0.05, 0) is 56.5 Å². The summed E-state index contributed by atoms with van der Waals surface area (Å²) < 4.78 is 10.9. The zero-order valence-electron chi connectivity index (χ0n) is 16.7. The summed E-state index contributed by atoms with van der Waals surface area (Å²) in [7, 11) is 0. The largest absolute Gasteiger partial charge is 0.483 e. The quantitative estimate of drug-likeness (QED) is 0.615. The van der Waals surface area contributed by atoms with Crippen molar-refractivity contribution >= 4 is 17.5 Å². The van der Waals surface area contributed by atoms with Gasteiger partial charge in [-0.1, -0.05) is 24.3 Å². The number of nitrogens with one attached hydrogen (secondary N) is 2. The molecule has 0 spiro atoms. The maximum Gasteiger partial charge on any atom is 0.262 e. The maximum absolute atomic E-state index is 12.2. The third kappa shape index (κ3) is 6.70. The number of aryl methyl sites for hydroxylation is 2. The molecule has 0 atom stereocenters. The zero-order chi connectivity index (χ0) is 20.4. The van der Waals surface area contributed by atoms with E-state index in [0.717, 1.165) is 23.3 Å². The maximum atomic E-state index is 12.2. The molecule has 0 unspecified atom stereocenters. The third-order valence-electron chi connectivity index (χ3n) is 4.12. The van der Waals surface area contributed by atoms with Crippen LogP contribution in [-0.2, 0) is 9.53 Å². The molecule has 6 heteroatoms. The van der Waals surface area contributed by atoms with E-state index in [2.05, 4.69) is 10.6 Å². The monoisotopic (exact) mass is 384 g/mol. The summed E-state index contributed by atoms with van der Waals surface area (Å²) in [6.07, 6.45) is 0.756. The van der Waals surface area contributed by atoms with E-state index in [1.54, 1.807) is 24.3 Å². The molecule has 0 saturated carbocycles. The molecule has 0 saturated heterocycles. The van der Waals surface area contributed by atoms with E-state index >= 15 is 0 Å². The van der Waals surface area contributed by atoms with Crippen molar-refractivity contribution in [2.75, 3.05) is 31.7 Å². The molecule has 28 heavy (non-hydrogen) atoms. The molecule has 0 bridgehead atoms. The van der Waals surface area contributed by atoms with E-state index < -0.39 is 0 Å². The standard InChI is InChI=1S/C22H28N2O4/c1-4-27-13-7-12-23-22(26)18-10-6-11-19(14-18)24-20(25)15-28-21-16(2)8-5-9-17(21)3/h5-6,8-11,14H,4,7,12-13,15H2,1-3H3,(H,23,26)(H,24,25). The van der Waals surface area contributed by atoms with Gasteiger partial charge in [-0.25, -0.2) is 0 Å². The Kier molecular flexibility index (Phi) is 8.49. The number of benzene rings is 2. The highest BCUT2D eigenvalue weighted by molar-refractivity contribution is 5.97. The van der Waals surface area contributed by atoms with Crippen LogP contribution in [0.25, 0.3) is 0 Å². The summed E-state index contributed by atoms with van der Waals surface area (Å²) in [4.78, 5) is 24.4. The minimum Gasteiger partial charge on any atom is -0.483 e. The van der Waals surface area contributed by atoms with Gasteiger partial charge in [0.2, 0.25) is 0 Å². The van der Waals surface area contributed by atoms with E-state index in [0.29, 0.717) is 31.0 Å². The molecule has 0 radical (unpaired) electrons. The van der Waals surface area contributed by atoms with Gasteiger partial charge in [0.25, 0.3) is 11.8 Å². The van der Waals surface area contributed by atoms with Crippen LogP contribution in [0.1, 0.15) is 34.8 Å². The van der Waals surface area contributed by atoms with Crippen molar-refractivity contribution in [2.24, 2.45) is 0 Å². The van der Waals surface area contributed by atoms with Crippen LogP contribution in [0.2, 0.25) is 0 Å². The first-order valence-electron chi connectivity index (χ1n) is 9.46. The van der Waals surface area contributed by atoms with Crippen molar-refractivity contribution in [2.45, 2.75) is 27.2 Å². The van der Waals surface area contributed by atoms with Gasteiger partial charge in [-0.15, -0.1) is 0 Å². The minimum atomic E-state index is -0.281. The van der Waals surface area contributed by atoms with Crippen LogP contribution in [0.15, 0.2) is 42.5 Å². The fourth-order valence-electron chi connectivity index (χ4n) is 2.72. The second-order valence-corrected chi connectivity index (χ2v) is 6.44. The van der Waals surface area contributed by atoms with Gasteiger partial charge >= 0.3 is 0 Å². The predicted octanol–water partition coefficient (Wildman–Crippen LogP) is 3.48. The second-order valence-electron chi connectivity index (χ2n) is 6.44. The van der Waals surface area contributed by atoms with Gasteiger partial charge in [0.1, 0.15) is 5.75 Å². The first kappa shape index (κ1) is 21.4. The van der Waals surface area contributed by atoms with E-state index in [4.69, 9.17) is 9.47 Å². The predicted molar refractivity (Wildman–Crippen MR) is 110 cm³/mol. The van der Waals surface area contributed by atoms with Crippen LogP contribution in [0.5, 0.6) is 5.75 Å². The highest BCUT2D eigenvalue weighted by Gasteiger charge is 2.10. The fraction of sp³-hybridized carbons (Fsp3) is 0.364. The van der Waals surface area contributed by atoms with E-state index in [1.165, 1.54) is 0 Å². The van der Waals surface area contributed by atoms with Crippen molar-refractivity contribution in [1.82, 2.24) is 5.32 Å². The Balaban J connectivity index is 1.86. The molecular weight excluding hydrogens is 356 g/mol. The Morgan fingerprint density at radius 1 is 1.04 bits per heavy atom. The Hall–Kier alpha value is -2.86. The summed E-state index contributed by atoms with van der Waals surface area (Å²) in [5.41, 5.74) is 3.01. The number of carbonyl (C=O) groups excluding carboxylic acids is 2. The first-order chi connectivity index (χ1) is 13.5. The van der Waals surface area contributed by atoms with Crippen molar-refractivity contribution < 1.29 is 19.1 Å². The van der Waals surface area contributed by atoms with Crippen LogP contribution in [0.3, 0.4) is 0 Å². The number of anilines is 1. The molecule has 2 rings (SSSR count). The number of hydrogen-bond donors (Lipinski definition) is 2. The van der Waals surface area contributed by atoms with Crippen LogP contribution in [0.4, 0.5) is 5.69 Å². The Labute approximate surface area is 166 Å².